The summed E-state index contributed by atoms with van der Waals surface area (Å²) < 4.78 is 44.1. The Morgan fingerprint density at radius 2 is 1.96 bits per heavy atom. The fourth-order valence-corrected chi connectivity index (χ4v) is 2.38. The molecule has 0 aliphatic rings. The molecule has 0 fully saturated rings. The minimum absolute atomic E-state index is 0.0116. The second-order valence-corrected chi connectivity index (χ2v) is 5.44. The highest BCUT2D eigenvalue weighted by Crippen LogP contribution is 2.34. The predicted molar refractivity (Wildman–Crippen MR) is 81.2 cm³/mol. The first-order chi connectivity index (χ1) is 11.2. The van der Waals surface area contributed by atoms with Crippen LogP contribution in [0.15, 0.2) is 28.8 Å². The Kier molecular flexibility index (Phi) is 5.16. The fourth-order valence-electron chi connectivity index (χ4n) is 2.38. The lowest BCUT2D eigenvalue weighted by molar-refractivity contribution is -0.138. The Morgan fingerprint density at radius 1 is 1.29 bits per heavy atom. The highest BCUT2D eigenvalue weighted by Gasteiger charge is 2.34. The zero-order chi connectivity index (χ0) is 17.9. The van der Waals surface area contributed by atoms with Crippen molar-refractivity contribution in [3.8, 4) is 0 Å². The van der Waals surface area contributed by atoms with Gasteiger partial charge in [0.2, 0.25) is 0 Å². The van der Waals surface area contributed by atoms with E-state index >= 15 is 0 Å². The second kappa shape index (κ2) is 6.94. The van der Waals surface area contributed by atoms with Gasteiger partial charge in [-0.15, -0.1) is 0 Å². The van der Waals surface area contributed by atoms with E-state index in [9.17, 15) is 18.0 Å². The van der Waals surface area contributed by atoms with Crippen molar-refractivity contribution in [2.75, 3.05) is 0 Å². The van der Waals surface area contributed by atoms with E-state index < -0.39 is 23.8 Å². The van der Waals surface area contributed by atoms with Crippen LogP contribution in [0.1, 0.15) is 41.1 Å². The molecule has 0 bridgehead atoms. The lowest BCUT2D eigenvalue weighted by Crippen LogP contribution is -2.37. The maximum absolute atomic E-state index is 13.0. The third-order valence-electron chi connectivity index (χ3n) is 3.69. The molecule has 0 spiro atoms. The number of benzene rings is 1. The smallest absolute Gasteiger partial charge is 0.361 e. The number of alkyl halides is 3. The third-order valence-corrected chi connectivity index (χ3v) is 3.69. The molecule has 0 saturated carbocycles. The molecule has 2 rings (SSSR count). The van der Waals surface area contributed by atoms with Gasteiger partial charge in [0.05, 0.1) is 17.3 Å². The number of halogens is 3. The van der Waals surface area contributed by atoms with Crippen LogP contribution in [0.3, 0.4) is 0 Å². The van der Waals surface area contributed by atoms with Gasteiger partial charge < -0.3 is 15.2 Å². The first-order valence-corrected chi connectivity index (χ1v) is 7.32. The second-order valence-electron chi connectivity index (χ2n) is 5.44. The Balaban J connectivity index is 2.02. The van der Waals surface area contributed by atoms with Crippen LogP contribution in [0.5, 0.6) is 0 Å². The number of hydrogen-bond donors (Lipinski definition) is 2. The Labute approximate surface area is 137 Å². The van der Waals surface area contributed by atoms with Crippen LogP contribution in [0.2, 0.25) is 0 Å². The number of aryl methyl sites for hydroxylation is 2. The van der Waals surface area contributed by atoms with Crippen molar-refractivity contribution in [2.45, 2.75) is 39.5 Å². The van der Waals surface area contributed by atoms with Crippen LogP contribution >= 0.6 is 0 Å². The number of aromatic nitrogens is 1. The first kappa shape index (κ1) is 17.8. The van der Waals surface area contributed by atoms with E-state index in [0.29, 0.717) is 11.5 Å². The molecule has 2 aromatic rings. The molecule has 2 amide bonds. The number of rotatable bonds is 4. The molecule has 24 heavy (non-hydrogen) atoms. The average molecular weight is 341 g/mol. The highest BCUT2D eigenvalue weighted by atomic mass is 19.4. The number of hydrogen-bond acceptors (Lipinski definition) is 3. The van der Waals surface area contributed by atoms with Crippen LogP contribution in [0.25, 0.3) is 0 Å². The Morgan fingerprint density at radius 3 is 2.54 bits per heavy atom. The van der Waals surface area contributed by atoms with Gasteiger partial charge in [0.25, 0.3) is 0 Å². The topological polar surface area (TPSA) is 67.2 Å². The molecule has 0 radical (unpaired) electrons. The summed E-state index contributed by atoms with van der Waals surface area (Å²) in [5, 5.41) is 8.87. The summed E-state index contributed by atoms with van der Waals surface area (Å²) in [4.78, 5) is 12.0. The van der Waals surface area contributed by atoms with Crippen LogP contribution in [0, 0.1) is 13.8 Å². The van der Waals surface area contributed by atoms with Gasteiger partial charge in [-0.1, -0.05) is 23.4 Å². The van der Waals surface area contributed by atoms with Crippen molar-refractivity contribution in [3.63, 3.8) is 0 Å². The summed E-state index contributed by atoms with van der Waals surface area (Å²) in [7, 11) is 0. The Bertz CT molecular complexity index is 706. The summed E-state index contributed by atoms with van der Waals surface area (Å²) in [5.74, 6) is 0.586. The van der Waals surface area contributed by atoms with Crippen LogP contribution in [-0.2, 0) is 12.7 Å². The normalized spacial score (nSPS) is 12.8. The minimum atomic E-state index is -4.47. The van der Waals surface area contributed by atoms with Crippen molar-refractivity contribution >= 4 is 6.03 Å². The van der Waals surface area contributed by atoms with Gasteiger partial charge in [-0.2, -0.15) is 13.2 Å². The summed E-state index contributed by atoms with van der Waals surface area (Å²) in [6, 6.07) is 3.80. The van der Waals surface area contributed by atoms with Crippen LogP contribution < -0.4 is 10.6 Å². The lowest BCUT2D eigenvalue weighted by Gasteiger charge is -2.19. The first-order valence-electron chi connectivity index (χ1n) is 7.32. The van der Waals surface area contributed by atoms with Gasteiger partial charge in [-0.25, -0.2) is 4.79 Å². The summed E-state index contributed by atoms with van der Waals surface area (Å²) in [5.41, 5.74) is 0.651. The van der Waals surface area contributed by atoms with Gasteiger partial charge in [0.15, 0.2) is 0 Å². The zero-order valence-corrected chi connectivity index (χ0v) is 13.5. The van der Waals surface area contributed by atoms with E-state index in [1.165, 1.54) is 25.1 Å². The molecule has 0 aliphatic carbocycles. The number of urea groups is 1. The number of nitrogens with zero attached hydrogens (tertiary/aromatic N) is 1. The molecule has 5 nitrogen and oxygen atoms in total. The lowest BCUT2D eigenvalue weighted by atomic mass is 10.0. The number of carbonyl (C=O) groups is 1. The van der Waals surface area contributed by atoms with Crippen LogP contribution in [-0.4, -0.2) is 11.2 Å². The molecular formula is C16H18F3N3O2. The van der Waals surface area contributed by atoms with Crippen molar-refractivity contribution in [3.05, 3.63) is 52.4 Å². The number of nitrogens with one attached hydrogen (secondary N) is 2. The van der Waals surface area contributed by atoms with E-state index in [1.54, 1.807) is 13.8 Å². The SMILES string of the molecule is Cc1noc(C)c1CNC(=O)N[C@@H](C)c1ccccc1C(F)(F)F. The van der Waals surface area contributed by atoms with Gasteiger partial charge in [-0.05, 0) is 32.4 Å². The quantitative estimate of drug-likeness (QED) is 0.887. The zero-order valence-electron chi connectivity index (χ0n) is 13.5. The summed E-state index contributed by atoms with van der Waals surface area (Å²) >= 11 is 0. The third kappa shape index (κ3) is 4.06. The average Bonchev–Trinajstić information content (AvgIpc) is 2.83. The number of carbonyl (C=O) groups excluding carboxylic acids is 1. The molecule has 2 N–H and O–H groups in total. The molecule has 1 aromatic carbocycles. The molecule has 0 saturated heterocycles. The molecule has 0 aliphatic heterocycles. The van der Waals surface area contributed by atoms with Gasteiger partial charge in [0.1, 0.15) is 5.76 Å². The molecule has 1 aromatic heterocycles. The number of amides is 2. The molecule has 1 atom stereocenters. The predicted octanol–water partition coefficient (Wildman–Crippen LogP) is 3.87. The maximum atomic E-state index is 13.0. The van der Waals surface area contributed by atoms with E-state index in [1.807, 2.05) is 0 Å². The summed E-state index contributed by atoms with van der Waals surface area (Å²) in [6.45, 7) is 5.14. The van der Waals surface area contributed by atoms with E-state index in [4.69, 9.17) is 4.52 Å². The molecule has 8 heteroatoms. The Hall–Kier alpha value is -2.51. The minimum Gasteiger partial charge on any atom is -0.361 e. The van der Waals surface area contributed by atoms with Crippen molar-refractivity contribution in [2.24, 2.45) is 0 Å². The fraction of sp³-hybridized carbons (Fsp3) is 0.375. The molecular weight excluding hydrogens is 323 g/mol. The monoisotopic (exact) mass is 341 g/mol. The van der Waals surface area contributed by atoms with E-state index in [2.05, 4.69) is 15.8 Å². The molecule has 1 heterocycles. The maximum Gasteiger partial charge on any atom is 0.416 e. The van der Waals surface area contributed by atoms with Gasteiger partial charge >= 0.3 is 12.2 Å². The molecule has 0 unspecified atom stereocenters. The van der Waals surface area contributed by atoms with Crippen LogP contribution in [0.4, 0.5) is 18.0 Å². The van der Waals surface area contributed by atoms with Crippen molar-refractivity contribution in [1.82, 2.24) is 15.8 Å². The van der Waals surface area contributed by atoms with Crippen molar-refractivity contribution < 1.29 is 22.5 Å². The molecule has 130 valence electrons. The van der Waals surface area contributed by atoms with E-state index in [0.717, 1.165) is 11.6 Å². The van der Waals surface area contributed by atoms with Gasteiger partial charge in [-0.3, -0.25) is 0 Å². The largest absolute Gasteiger partial charge is 0.416 e. The van der Waals surface area contributed by atoms with Gasteiger partial charge in [0, 0.05) is 12.1 Å². The standard InChI is InChI=1S/C16H18F3N3O2/c1-9(12-6-4-5-7-14(12)16(17,18)19)21-15(23)20-8-13-10(2)22-24-11(13)3/h4-7,9H,8H2,1-3H3,(H2,20,21,23)/t9-/m0/s1. The van der Waals surface area contributed by atoms with Crippen molar-refractivity contribution in [1.29, 1.82) is 0 Å². The highest BCUT2D eigenvalue weighted by molar-refractivity contribution is 5.74. The summed E-state index contributed by atoms with van der Waals surface area (Å²) in [6.07, 6.45) is -4.47. The van der Waals surface area contributed by atoms with E-state index in [-0.39, 0.29) is 12.1 Å².